The van der Waals surface area contributed by atoms with E-state index in [1.54, 1.807) is 6.20 Å². The number of hydrogen-bond acceptors (Lipinski definition) is 4. The van der Waals surface area contributed by atoms with E-state index >= 15 is 0 Å². The van der Waals surface area contributed by atoms with Crippen LogP contribution in [0.2, 0.25) is 0 Å². The molecular weight excluding hydrogens is 316 g/mol. The number of ether oxygens (including phenoxy) is 1. The maximum atomic E-state index is 12.1. The summed E-state index contributed by atoms with van der Waals surface area (Å²) in [6.45, 7) is 1.92. The van der Waals surface area contributed by atoms with Crippen molar-refractivity contribution in [3.8, 4) is 5.75 Å². The number of carbonyl (C=O) groups is 1. The number of anilines is 1. The van der Waals surface area contributed by atoms with E-state index < -0.39 is 6.10 Å². The largest absolute Gasteiger partial charge is 0.488 e. The van der Waals surface area contributed by atoms with Gasteiger partial charge in [0.15, 0.2) is 0 Å². The number of aryl methyl sites for hydroxylation is 1. The fraction of sp³-hybridized carbons (Fsp3) is 0.400. The standard InChI is InChI=1S/C20H24N2O3/c1-14-6-7-15(13-21-14)12-20(24)22-16-8-10-17(11-9-16)25-19-5-3-2-4-18(19)23/h6-11,13,18-19,23H,2-5,12H2,1H3,(H,22,24)/t18-,19+/m0/s1. The molecule has 132 valence electrons. The maximum Gasteiger partial charge on any atom is 0.228 e. The summed E-state index contributed by atoms with van der Waals surface area (Å²) in [6.07, 6.45) is 5.31. The number of amides is 1. The van der Waals surface area contributed by atoms with Crippen molar-refractivity contribution in [2.45, 2.75) is 51.2 Å². The normalized spacial score (nSPS) is 20.1. The Morgan fingerprint density at radius 2 is 1.96 bits per heavy atom. The number of aromatic nitrogens is 1. The SMILES string of the molecule is Cc1ccc(CC(=O)Nc2ccc(O[C@@H]3CCCC[C@@H]3O)cc2)cn1. The van der Waals surface area contributed by atoms with E-state index in [9.17, 15) is 9.90 Å². The lowest BCUT2D eigenvalue weighted by atomic mass is 9.95. The predicted octanol–water partition coefficient (Wildman–Crippen LogP) is 3.25. The summed E-state index contributed by atoms with van der Waals surface area (Å²) >= 11 is 0. The van der Waals surface area contributed by atoms with Gasteiger partial charge in [0.25, 0.3) is 0 Å². The molecule has 1 aromatic heterocycles. The molecule has 1 saturated carbocycles. The lowest BCUT2D eigenvalue weighted by molar-refractivity contribution is -0.115. The summed E-state index contributed by atoms with van der Waals surface area (Å²) < 4.78 is 5.86. The number of pyridine rings is 1. The molecule has 2 aromatic rings. The Labute approximate surface area is 148 Å². The van der Waals surface area contributed by atoms with Gasteiger partial charge in [0.2, 0.25) is 5.91 Å². The molecule has 2 atom stereocenters. The molecule has 0 unspecified atom stereocenters. The van der Waals surface area contributed by atoms with Gasteiger partial charge in [-0.3, -0.25) is 9.78 Å². The molecule has 1 amide bonds. The van der Waals surface area contributed by atoms with Crippen LogP contribution in [0.3, 0.4) is 0 Å². The van der Waals surface area contributed by atoms with Crippen molar-refractivity contribution in [3.05, 3.63) is 53.9 Å². The zero-order chi connectivity index (χ0) is 17.6. The minimum atomic E-state index is -0.392. The van der Waals surface area contributed by atoms with Crippen LogP contribution in [0.15, 0.2) is 42.6 Å². The van der Waals surface area contributed by atoms with Crippen LogP contribution >= 0.6 is 0 Å². The molecule has 1 heterocycles. The van der Waals surface area contributed by atoms with E-state index in [0.717, 1.165) is 42.6 Å². The second-order valence-corrected chi connectivity index (χ2v) is 6.57. The summed E-state index contributed by atoms with van der Waals surface area (Å²) in [5.74, 6) is 0.633. The van der Waals surface area contributed by atoms with E-state index in [0.29, 0.717) is 12.2 Å². The molecular formula is C20H24N2O3. The van der Waals surface area contributed by atoms with Crippen molar-refractivity contribution in [1.82, 2.24) is 4.98 Å². The molecule has 5 nitrogen and oxygen atoms in total. The van der Waals surface area contributed by atoms with Crippen molar-refractivity contribution in [2.24, 2.45) is 0 Å². The molecule has 1 aliphatic rings. The Balaban J connectivity index is 1.53. The molecule has 0 spiro atoms. The lowest BCUT2D eigenvalue weighted by Gasteiger charge is -2.28. The zero-order valence-electron chi connectivity index (χ0n) is 14.4. The minimum Gasteiger partial charge on any atom is -0.488 e. The molecule has 1 aromatic carbocycles. The summed E-state index contributed by atoms with van der Waals surface area (Å²) in [6, 6.07) is 11.1. The summed E-state index contributed by atoms with van der Waals surface area (Å²) in [4.78, 5) is 16.3. The highest BCUT2D eigenvalue weighted by atomic mass is 16.5. The Bertz CT molecular complexity index is 698. The van der Waals surface area contributed by atoms with Gasteiger partial charge < -0.3 is 15.2 Å². The van der Waals surface area contributed by atoms with Gasteiger partial charge in [0.1, 0.15) is 11.9 Å². The smallest absolute Gasteiger partial charge is 0.228 e. The number of benzene rings is 1. The second kappa shape index (κ2) is 8.12. The molecule has 0 aliphatic heterocycles. The topological polar surface area (TPSA) is 71.5 Å². The van der Waals surface area contributed by atoms with E-state index in [4.69, 9.17) is 4.74 Å². The fourth-order valence-corrected chi connectivity index (χ4v) is 3.00. The number of nitrogens with one attached hydrogen (secondary N) is 1. The van der Waals surface area contributed by atoms with Crippen molar-refractivity contribution in [1.29, 1.82) is 0 Å². The zero-order valence-corrected chi connectivity index (χ0v) is 14.4. The van der Waals surface area contributed by atoms with Crippen LogP contribution < -0.4 is 10.1 Å². The molecule has 1 fully saturated rings. The van der Waals surface area contributed by atoms with Crippen molar-refractivity contribution in [2.75, 3.05) is 5.32 Å². The molecule has 0 saturated heterocycles. The number of nitrogens with zero attached hydrogens (tertiary/aromatic N) is 1. The minimum absolute atomic E-state index is 0.0815. The number of aliphatic hydroxyl groups is 1. The monoisotopic (exact) mass is 340 g/mol. The van der Waals surface area contributed by atoms with E-state index in [1.807, 2.05) is 43.3 Å². The van der Waals surface area contributed by atoms with Gasteiger partial charge in [-0.15, -0.1) is 0 Å². The van der Waals surface area contributed by atoms with Crippen LogP contribution in [0.25, 0.3) is 0 Å². The van der Waals surface area contributed by atoms with E-state index in [2.05, 4.69) is 10.3 Å². The van der Waals surface area contributed by atoms with Crippen LogP contribution in [-0.4, -0.2) is 28.2 Å². The van der Waals surface area contributed by atoms with Crippen LogP contribution in [-0.2, 0) is 11.2 Å². The Hall–Kier alpha value is -2.40. The Morgan fingerprint density at radius 3 is 2.64 bits per heavy atom. The summed E-state index contributed by atoms with van der Waals surface area (Å²) in [5.41, 5.74) is 2.54. The third-order valence-corrected chi connectivity index (χ3v) is 4.43. The van der Waals surface area contributed by atoms with Crippen LogP contribution in [0, 0.1) is 6.92 Å². The molecule has 0 radical (unpaired) electrons. The average Bonchev–Trinajstić information content (AvgIpc) is 2.61. The third kappa shape index (κ3) is 5.03. The first-order chi connectivity index (χ1) is 12.1. The first kappa shape index (κ1) is 17.4. The molecule has 5 heteroatoms. The van der Waals surface area contributed by atoms with E-state index in [1.165, 1.54) is 0 Å². The highest BCUT2D eigenvalue weighted by Gasteiger charge is 2.24. The molecule has 2 N–H and O–H groups in total. The molecule has 1 aliphatic carbocycles. The number of hydrogen-bond donors (Lipinski definition) is 2. The van der Waals surface area contributed by atoms with Gasteiger partial charge >= 0.3 is 0 Å². The van der Waals surface area contributed by atoms with Crippen molar-refractivity contribution < 1.29 is 14.6 Å². The quantitative estimate of drug-likeness (QED) is 0.876. The summed E-state index contributed by atoms with van der Waals surface area (Å²) in [7, 11) is 0. The van der Waals surface area contributed by atoms with Crippen LogP contribution in [0.4, 0.5) is 5.69 Å². The van der Waals surface area contributed by atoms with Crippen LogP contribution in [0.5, 0.6) is 5.75 Å². The van der Waals surface area contributed by atoms with Gasteiger partial charge in [0, 0.05) is 17.6 Å². The number of carbonyl (C=O) groups excluding carboxylic acids is 1. The third-order valence-electron chi connectivity index (χ3n) is 4.43. The number of rotatable bonds is 5. The molecule has 0 bridgehead atoms. The number of aliphatic hydroxyl groups excluding tert-OH is 1. The van der Waals surface area contributed by atoms with Crippen molar-refractivity contribution in [3.63, 3.8) is 0 Å². The highest BCUT2D eigenvalue weighted by molar-refractivity contribution is 5.92. The lowest BCUT2D eigenvalue weighted by Crippen LogP contribution is -2.34. The van der Waals surface area contributed by atoms with Gasteiger partial charge in [0.05, 0.1) is 12.5 Å². The van der Waals surface area contributed by atoms with E-state index in [-0.39, 0.29) is 12.0 Å². The van der Waals surface area contributed by atoms with Crippen LogP contribution in [0.1, 0.15) is 36.9 Å². The fourth-order valence-electron chi connectivity index (χ4n) is 3.00. The molecule has 25 heavy (non-hydrogen) atoms. The summed E-state index contributed by atoms with van der Waals surface area (Å²) in [5, 5.41) is 12.8. The highest BCUT2D eigenvalue weighted by Crippen LogP contribution is 2.25. The van der Waals surface area contributed by atoms with Gasteiger partial charge in [-0.25, -0.2) is 0 Å². The second-order valence-electron chi connectivity index (χ2n) is 6.57. The first-order valence-electron chi connectivity index (χ1n) is 8.76. The first-order valence-corrected chi connectivity index (χ1v) is 8.76. The average molecular weight is 340 g/mol. The van der Waals surface area contributed by atoms with Gasteiger partial charge in [-0.05, 0) is 62.1 Å². The Kier molecular flexibility index (Phi) is 5.66. The maximum absolute atomic E-state index is 12.1. The van der Waals surface area contributed by atoms with Gasteiger partial charge in [-0.1, -0.05) is 12.5 Å². The van der Waals surface area contributed by atoms with Gasteiger partial charge in [-0.2, -0.15) is 0 Å². The predicted molar refractivity (Wildman–Crippen MR) is 96.6 cm³/mol. The van der Waals surface area contributed by atoms with Crippen molar-refractivity contribution >= 4 is 11.6 Å². The molecule has 3 rings (SSSR count). The Morgan fingerprint density at radius 1 is 1.20 bits per heavy atom.